The van der Waals surface area contributed by atoms with Gasteiger partial charge < -0.3 is 0 Å². The number of nitrogens with zero attached hydrogens (tertiary/aromatic N) is 1. The molecule has 0 aromatic heterocycles. The van der Waals surface area contributed by atoms with E-state index in [-0.39, 0.29) is 5.54 Å². The maximum Gasteiger partial charge on any atom is 0.279 e. The number of hydrogen-bond acceptors (Lipinski definition) is 2. The highest BCUT2D eigenvalue weighted by molar-refractivity contribution is 7.87. The van der Waals surface area contributed by atoms with Gasteiger partial charge >= 0.3 is 0 Å². The Morgan fingerprint density at radius 1 is 1.23 bits per heavy atom. The Balaban J connectivity index is 2.02. The van der Waals surface area contributed by atoms with Gasteiger partial charge in [0.05, 0.1) is 0 Å². The van der Waals surface area contributed by atoms with E-state index in [1.165, 1.54) is 0 Å². The molecule has 0 bridgehead atoms. The summed E-state index contributed by atoms with van der Waals surface area (Å²) < 4.78 is 27.7. The highest BCUT2D eigenvalue weighted by Gasteiger charge is 2.42. The van der Waals surface area contributed by atoms with Crippen LogP contribution in [0, 0.1) is 0 Å². The Bertz CT molecular complexity index is 289. The summed E-state index contributed by atoms with van der Waals surface area (Å²) >= 11 is 0. The van der Waals surface area contributed by atoms with Gasteiger partial charge in [0.1, 0.15) is 0 Å². The predicted octanol–water partition coefficient (Wildman–Crippen LogP) is 0.469. The van der Waals surface area contributed by atoms with Crippen molar-refractivity contribution in [2.45, 2.75) is 38.1 Å². The second kappa shape index (κ2) is 2.93. The number of hydrogen-bond donors (Lipinski definition) is 1. The van der Waals surface area contributed by atoms with Crippen LogP contribution in [-0.2, 0) is 10.2 Å². The monoisotopic (exact) mass is 204 g/mol. The largest absolute Gasteiger partial charge is 0.279 e. The third-order valence-corrected chi connectivity index (χ3v) is 4.58. The first-order chi connectivity index (χ1) is 6.02. The summed E-state index contributed by atoms with van der Waals surface area (Å²) in [6, 6.07) is 0. The maximum absolute atomic E-state index is 11.7. The molecule has 4 nitrogen and oxygen atoms in total. The van der Waals surface area contributed by atoms with Crippen molar-refractivity contribution in [3.05, 3.63) is 0 Å². The summed E-state index contributed by atoms with van der Waals surface area (Å²) in [4.78, 5) is 0. The van der Waals surface area contributed by atoms with Crippen molar-refractivity contribution >= 4 is 10.2 Å². The molecule has 0 aromatic rings. The topological polar surface area (TPSA) is 49.4 Å². The summed E-state index contributed by atoms with van der Waals surface area (Å²) in [6.45, 7) is 3.33. The average molecular weight is 204 g/mol. The standard InChI is InChI=1S/C8H16N2O2S/c1-8(4-5-8)9-13(11,12)10-6-2-3-7-10/h9H,2-7H2,1H3. The molecule has 0 aromatic carbocycles. The van der Waals surface area contributed by atoms with Crippen LogP contribution >= 0.6 is 0 Å². The molecule has 1 heterocycles. The molecule has 13 heavy (non-hydrogen) atoms. The van der Waals surface area contributed by atoms with Gasteiger partial charge in [-0.15, -0.1) is 0 Å². The molecular formula is C8H16N2O2S. The second-order valence-electron chi connectivity index (χ2n) is 4.27. The lowest BCUT2D eigenvalue weighted by molar-refractivity contribution is 0.453. The van der Waals surface area contributed by atoms with Crippen molar-refractivity contribution in [2.24, 2.45) is 0 Å². The van der Waals surface area contributed by atoms with E-state index < -0.39 is 10.2 Å². The van der Waals surface area contributed by atoms with Gasteiger partial charge in [-0.05, 0) is 32.6 Å². The van der Waals surface area contributed by atoms with Crippen LogP contribution in [-0.4, -0.2) is 31.4 Å². The Kier molecular flexibility index (Phi) is 2.13. The van der Waals surface area contributed by atoms with Crippen LogP contribution in [0.15, 0.2) is 0 Å². The van der Waals surface area contributed by atoms with Crippen LogP contribution in [0.3, 0.4) is 0 Å². The molecule has 1 saturated carbocycles. The van der Waals surface area contributed by atoms with Crippen LogP contribution in [0.25, 0.3) is 0 Å². The summed E-state index contributed by atoms with van der Waals surface area (Å²) in [5.74, 6) is 0. The average Bonchev–Trinajstić information content (AvgIpc) is 2.53. The first-order valence-electron chi connectivity index (χ1n) is 4.81. The molecule has 5 heteroatoms. The van der Waals surface area contributed by atoms with Crippen molar-refractivity contribution in [3.63, 3.8) is 0 Å². The Labute approximate surface area is 79.5 Å². The molecule has 2 fully saturated rings. The fourth-order valence-electron chi connectivity index (χ4n) is 1.59. The first-order valence-corrected chi connectivity index (χ1v) is 6.25. The van der Waals surface area contributed by atoms with Gasteiger partial charge in [-0.25, -0.2) is 0 Å². The quantitative estimate of drug-likeness (QED) is 0.726. The van der Waals surface area contributed by atoms with Crippen LogP contribution in [0.1, 0.15) is 32.6 Å². The fraction of sp³-hybridized carbons (Fsp3) is 1.00. The number of rotatable bonds is 3. The summed E-state index contributed by atoms with van der Waals surface area (Å²) in [5.41, 5.74) is -0.137. The van der Waals surface area contributed by atoms with Gasteiger partial charge in [0.25, 0.3) is 10.2 Å². The van der Waals surface area contributed by atoms with E-state index in [9.17, 15) is 8.42 Å². The maximum atomic E-state index is 11.7. The molecule has 1 saturated heterocycles. The van der Waals surface area contributed by atoms with Gasteiger partial charge in [0, 0.05) is 18.6 Å². The van der Waals surface area contributed by atoms with Crippen LogP contribution in [0.4, 0.5) is 0 Å². The zero-order valence-corrected chi connectivity index (χ0v) is 8.73. The minimum Gasteiger partial charge on any atom is -0.196 e. The molecular weight excluding hydrogens is 188 g/mol. The number of nitrogens with one attached hydrogen (secondary N) is 1. The van der Waals surface area contributed by atoms with Crippen molar-refractivity contribution in [2.75, 3.05) is 13.1 Å². The van der Waals surface area contributed by atoms with Crippen LogP contribution in [0.2, 0.25) is 0 Å². The van der Waals surface area contributed by atoms with Crippen molar-refractivity contribution in [3.8, 4) is 0 Å². The van der Waals surface area contributed by atoms with Crippen LogP contribution < -0.4 is 4.72 Å². The molecule has 0 amide bonds. The summed E-state index contributed by atoms with van der Waals surface area (Å²) in [5, 5.41) is 0. The van der Waals surface area contributed by atoms with Gasteiger partial charge in [0.15, 0.2) is 0 Å². The smallest absolute Gasteiger partial charge is 0.196 e. The Hall–Kier alpha value is -0.130. The fourth-order valence-corrected chi connectivity index (χ4v) is 3.29. The molecule has 1 N–H and O–H groups in total. The van der Waals surface area contributed by atoms with E-state index >= 15 is 0 Å². The second-order valence-corrected chi connectivity index (χ2v) is 5.94. The van der Waals surface area contributed by atoms with Gasteiger partial charge in [0.2, 0.25) is 0 Å². The first kappa shape index (κ1) is 9.43. The molecule has 2 aliphatic rings. The SMILES string of the molecule is CC1(NS(=O)(=O)N2CCCC2)CC1. The van der Waals surface area contributed by atoms with Crippen molar-refractivity contribution in [1.29, 1.82) is 0 Å². The predicted molar refractivity (Wildman–Crippen MR) is 50.5 cm³/mol. The highest BCUT2D eigenvalue weighted by atomic mass is 32.2. The van der Waals surface area contributed by atoms with Gasteiger partial charge in [-0.2, -0.15) is 17.4 Å². The zero-order valence-electron chi connectivity index (χ0n) is 7.91. The lowest BCUT2D eigenvalue weighted by Crippen LogP contribution is -2.44. The molecule has 1 aliphatic heterocycles. The molecule has 76 valence electrons. The zero-order chi connectivity index (χ0) is 9.53. The summed E-state index contributed by atoms with van der Waals surface area (Å²) in [7, 11) is -3.17. The molecule has 0 atom stereocenters. The molecule has 0 unspecified atom stereocenters. The van der Waals surface area contributed by atoms with E-state index in [0.717, 1.165) is 25.7 Å². The Morgan fingerprint density at radius 3 is 2.23 bits per heavy atom. The Morgan fingerprint density at radius 2 is 1.77 bits per heavy atom. The van der Waals surface area contributed by atoms with E-state index in [0.29, 0.717) is 13.1 Å². The van der Waals surface area contributed by atoms with E-state index in [1.807, 2.05) is 6.92 Å². The molecule has 0 radical (unpaired) electrons. The van der Waals surface area contributed by atoms with Gasteiger partial charge in [-0.1, -0.05) is 0 Å². The molecule has 2 rings (SSSR count). The van der Waals surface area contributed by atoms with Crippen LogP contribution in [0.5, 0.6) is 0 Å². The van der Waals surface area contributed by atoms with Crippen molar-refractivity contribution in [1.82, 2.24) is 9.03 Å². The summed E-state index contributed by atoms with van der Waals surface area (Å²) in [6.07, 6.45) is 3.94. The van der Waals surface area contributed by atoms with E-state index in [1.54, 1.807) is 4.31 Å². The highest BCUT2D eigenvalue weighted by Crippen LogP contribution is 2.35. The molecule has 1 aliphatic carbocycles. The normalized spacial score (nSPS) is 27.8. The van der Waals surface area contributed by atoms with Gasteiger partial charge in [-0.3, -0.25) is 0 Å². The third-order valence-electron chi connectivity index (χ3n) is 2.78. The minimum atomic E-state index is -3.17. The third kappa shape index (κ3) is 2.03. The molecule has 0 spiro atoms. The lowest BCUT2D eigenvalue weighted by Gasteiger charge is -2.19. The van der Waals surface area contributed by atoms with Crippen molar-refractivity contribution < 1.29 is 8.42 Å². The van der Waals surface area contributed by atoms with E-state index in [2.05, 4.69) is 4.72 Å². The van der Waals surface area contributed by atoms with E-state index in [4.69, 9.17) is 0 Å². The lowest BCUT2D eigenvalue weighted by atomic mass is 10.4. The minimum absolute atomic E-state index is 0.137.